The molecule has 0 bridgehead atoms. The van der Waals surface area contributed by atoms with Gasteiger partial charge >= 0.3 is 11.9 Å². The number of aryl methyl sites for hydroxylation is 1. The molecule has 1 aromatic heterocycles. The molecule has 0 fully saturated rings. The lowest BCUT2D eigenvalue weighted by Crippen LogP contribution is -2.39. The van der Waals surface area contributed by atoms with Gasteiger partial charge in [0, 0.05) is 12.5 Å². The minimum Gasteiger partial charge on any atom is -0.493 e. The topological polar surface area (TPSA) is 96.2 Å². The second-order valence-electron chi connectivity index (χ2n) is 8.19. The second-order valence-corrected chi connectivity index (χ2v) is 9.19. The van der Waals surface area contributed by atoms with Gasteiger partial charge in [0.05, 0.1) is 35.6 Å². The van der Waals surface area contributed by atoms with E-state index >= 15 is 0 Å². The Hall–Kier alpha value is -3.98. The molecule has 1 atom stereocenters. The number of carbonyl (C=O) groups is 2. The van der Waals surface area contributed by atoms with Gasteiger partial charge in [0.15, 0.2) is 16.3 Å². The Labute approximate surface area is 211 Å². The summed E-state index contributed by atoms with van der Waals surface area (Å²) < 4.78 is 17.9. The molecule has 0 saturated carbocycles. The van der Waals surface area contributed by atoms with Crippen LogP contribution in [0.2, 0.25) is 0 Å². The summed E-state index contributed by atoms with van der Waals surface area (Å²) in [5, 5.41) is 0. The fourth-order valence-corrected chi connectivity index (χ4v) is 5.09. The van der Waals surface area contributed by atoms with E-state index in [0.717, 1.165) is 11.1 Å². The monoisotopic (exact) mass is 506 g/mol. The highest BCUT2D eigenvalue weighted by atomic mass is 32.1. The van der Waals surface area contributed by atoms with Gasteiger partial charge in [-0.3, -0.25) is 14.2 Å². The van der Waals surface area contributed by atoms with Crippen LogP contribution in [0.4, 0.5) is 0 Å². The molecule has 1 aliphatic heterocycles. The van der Waals surface area contributed by atoms with Crippen LogP contribution in [0.3, 0.4) is 0 Å². The number of fused-ring (bicyclic) bond motifs is 1. The highest BCUT2D eigenvalue weighted by Crippen LogP contribution is 2.33. The van der Waals surface area contributed by atoms with E-state index in [9.17, 15) is 14.4 Å². The Morgan fingerprint density at radius 2 is 1.86 bits per heavy atom. The molecule has 0 amide bonds. The fraction of sp³-hybridized carbons (Fsp3) is 0.259. The lowest BCUT2D eigenvalue weighted by atomic mass is 9.95. The average molecular weight is 507 g/mol. The minimum atomic E-state index is -0.693. The van der Waals surface area contributed by atoms with Crippen molar-refractivity contribution >= 4 is 29.4 Å². The molecular formula is C27H26N2O6S. The molecule has 8 nitrogen and oxygen atoms in total. The van der Waals surface area contributed by atoms with Crippen molar-refractivity contribution < 1.29 is 23.8 Å². The van der Waals surface area contributed by atoms with E-state index in [-0.39, 0.29) is 17.9 Å². The van der Waals surface area contributed by atoms with Crippen LogP contribution in [0.25, 0.3) is 6.08 Å². The number of thiazole rings is 1. The summed E-state index contributed by atoms with van der Waals surface area (Å²) in [6, 6.07) is 12.1. The maximum atomic E-state index is 13.8. The van der Waals surface area contributed by atoms with Crippen molar-refractivity contribution in [2.45, 2.75) is 33.7 Å². The molecule has 0 N–H and O–H groups in total. The van der Waals surface area contributed by atoms with Gasteiger partial charge in [-0.1, -0.05) is 53.3 Å². The van der Waals surface area contributed by atoms with Crippen LogP contribution in [0.1, 0.15) is 43.5 Å². The molecule has 186 valence electrons. The van der Waals surface area contributed by atoms with Gasteiger partial charge in [0.2, 0.25) is 0 Å². The van der Waals surface area contributed by atoms with E-state index in [2.05, 4.69) is 4.99 Å². The molecule has 0 aliphatic carbocycles. The number of methoxy groups -OCH3 is 1. The predicted octanol–water partition coefficient (Wildman–Crippen LogP) is 3.04. The summed E-state index contributed by atoms with van der Waals surface area (Å²) in [4.78, 5) is 43.5. The van der Waals surface area contributed by atoms with Gasteiger partial charge in [-0.05, 0) is 38.5 Å². The molecule has 0 spiro atoms. The first-order valence-electron chi connectivity index (χ1n) is 11.4. The summed E-state index contributed by atoms with van der Waals surface area (Å²) in [5.41, 5.74) is 2.82. The molecule has 0 radical (unpaired) electrons. The molecule has 2 heterocycles. The van der Waals surface area contributed by atoms with Gasteiger partial charge < -0.3 is 14.2 Å². The normalized spacial score (nSPS) is 15.2. The number of carbonyl (C=O) groups excluding carboxylic acids is 2. The number of ether oxygens (including phenoxy) is 3. The van der Waals surface area contributed by atoms with E-state index in [1.807, 2.05) is 31.2 Å². The lowest BCUT2D eigenvalue weighted by molar-refractivity contribution is -0.139. The van der Waals surface area contributed by atoms with Gasteiger partial charge in [-0.25, -0.2) is 9.79 Å². The Balaban J connectivity index is 1.96. The van der Waals surface area contributed by atoms with Crippen LogP contribution in [-0.2, 0) is 14.3 Å². The van der Waals surface area contributed by atoms with Crippen molar-refractivity contribution in [3.8, 4) is 11.5 Å². The van der Waals surface area contributed by atoms with Gasteiger partial charge in [-0.2, -0.15) is 0 Å². The van der Waals surface area contributed by atoms with Crippen LogP contribution >= 0.6 is 11.3 Å². The summed E-state index contributed by atoms with van der Waals surface area (Å²) >= 11 is 1.19. The van der Waals surface area contributed by atoms with Crippen LogP contribution < -0.4 is 24.4 Å². The molecule has 3 aromatic rings. The average Bonchev–Trinajstić information content (AvgIpc) is 3.14. The molecule has 1 aliphatic rings. The first-order chi connectivity index (χ1) is 17.2. The standard InChI is InChI=1S/C27H26N2O6S/c1-6-34-26(32)22-16(3)28-27-29(23(22)18-12-10-15(2)11-13-18)25(31)21(36-27)14-19-8-7-9-20(33-5)24(19)35-17(4)30/h7-14,23H,6H2,1-5H3. The minimum absolute atomic E-state index is 0.204. The Bertz CT molecular complexity index is 1550. The van der Waals surface area contributed by atoms with Gasteiger partial charge in [0.1, 0.15) is 0 Å². The van der Waals surface area contributed by atoms with Crippen molar-refractivity contribution in [1.82, 2.24) is 4.57 Å². The summed E-state index contributed by atoms with van der Waals surface area (Å²) in [6.07, 6.45) is 1.64. The Morgan fingerprint density at radius 3 is 2.50 bits per heavy atom. The molecule has 0 saturated heterocycles. The molecule has 9 heteroatoms. The molecule has 4 rings (SSSR count). The van der Waals surface area contributed by atoms with Crippen molar-refractivity contribution in [1.29, 1.82) is 0 Å². The number of esters is 2. The largest absolute Gasteiger partial charge is 0.493 e. The van der Waals surface area contributed by atoms with Crippen molar-refractivity contribution in [3.63, 3.8) is 0 Å². The van der Waals surface area contributed by atoms with Crippen LogP contribution in [0.5, 0.6) is 11.5 Å². The third kappa shape index (κ3) is 4.74. The highest BCUT2D eigenvalue weighted by Gasteiger charge is 2.33. The third-order valence-electron chi connectivity index (χ3n) is 5.67. The maximum absolute atomic E-state index is 13.8. The number of rotatable bonds is 6. The number of para-hydroxylation sites is 1. The van der Waals surface area contributed by atoms with Crippen LogP contribution in [0.15, 0.2) is 63.5 Å². The maximum Gasteiger partial charge on any atom is 0.338 e. The quantitative estimate of drug-likeness (QED) is 0.377. The molecule has 2 aromatic carbocycles. The Morgan fingerprint density at radius 1 is 1.14 bits per heavy atom. The second kappa shape index (κ2) is 10.3. The van der Waals surface area contributed by atoms with Gasteiger partial charge in [0.25, 0.3) is 5.56 Å². The van der Waals surface area contributed by atoms with E-state index in [4.69, 9.17) is 14.2 Å². The number of hydrogen-bond donors (Lipinski definition) is 0. The molecule has 1 unspecified atom stereocenters. The Kier molecular flexibility index (Phi) is 7.21. The highest BCUT2D eigenvalue weighted by molar-refractivity contribution is 7.07. The van der Waals surface area contributed by atoms with Gasteiger partial charge in [-0.15, -0.1) is 0 Å². The first-order valence-corrected chi connectivity index (χ1v) is 12.2. The summed E-state index contributed by atoms with van der Waals surface area (Å²) in [6.45, 7) is 6.95. The van der Waals surface area contributed by atoms with Crippen molar-refractivity contribution in [2.24, 2.45) is 4.99 Å². The predicted molar refractivity (Wildman–Crippen MR) is 136 cm³/mol. The lowest BCUT2D eigenvalue weighted by Gasteiger charge is -2.24. The number of benzene rings is 2. The summed E-state index contributed by atoms with van der Waals surface area (Å²) in [5.74, 6) is -0.435. The smallest absolute Gasteiger partial charge is 0.338 e. The number of allylic oxidation sites excluding steroid dienone is 1. The zero-order valence-corrected chi connectivity index (χ0v) is 21.5. The van der Waals surface area contributed by atoms with Crippen molar-refractivity contribution in [3.05, 3.63) is 90.1 Å². The van der Waals surface area contributed by atoms with E-state index in [1.54, 1.807) is 38.1 Å². The van der Waals surface area contributed by atoms with Crippen LogP contribution in [-0.4, -0.2) is 30.2 Å². The molecular weight excluding hydrogens is 480 g/mol. The zero-order chi connectivity index (χ0) is 26.0. The molecule has 36 heavy (non-hydrogen) atoms. The summed E-state index contributed by atoms with van der Waals surface area (Å²) in [7, 11) is 1.47. The van der Waals surface area contributed by atoms with E-state index < -0.39 is 18.0 Å². The fourth-order valence-electron chi connectivity index (χ4n) is 4.06. The zero-order valence-electron chi connectivity index (χ0n) is 20.7. The first kappa shape index (κ1) is 25.1. The number of hydrogen-bond acceptors (Lipinski definition) is 8. The number of nitrogens with zero attached hydrogens (tertiary/aromatic N) is 2. The van der Waals surface area contributed by atoms with Crippen LogP contribution in [0, 0.1) is 6.92 Å². The van der Waals surface area contributed by atoms with E-state index in [0.29, 0.717) is 31.9 Å². The van der Waals surface area contributed by atoms with Crippen molar-refractivity contribution in [2.75, 3.05) is 13.7 Å². The SMILES string of the molecule is CCOC(=O)C1=C(C)N=c2sc(=Cc3cccc(OC)c3OC(C)=O)c(=O)n2C1c1ccc(C)cc1. The third-order valence-corrected chi connectivity index (χ3v) is 6.65. The van der Waals surface area contributed by atoms with E-state index in [1.165, 1.54) is 29.9 Å². The number of aromatic nitrogens is 1.